The van der Waals surface area contributed by atoms with Crippen molar-refractivity contribution in [1.29, 1.82) is 0 Å². The van der Waals surface area contributed by atoms with Crippen LogP contribution in [-0.2, 0) is 4.79 Å². The average molecular weight is 354 g/mol. The third kappa shape index (κ3) is 3.85. The van der Waals surface area contributed by atoms with E-state index in [0.29, 0.717) is 12.1 Å². The lowest BCUT2D eigenvalue weighted by Gasteiger charge is -2.08. The SMILES string of the molecule is Cc1cc(Br)c2oc(C(=O)NCC(C)CC(=O)O)cc2c1. The number of benzene rings is 1. The molecule has 0 spiro atoms. The molecule has 1 unspecified atom stereocenters. The highest BCUT2D eigenvalue weighted by Crippen LogP contribution is 2.28. The van der Waals surface area contributed by atoms with Gasteiger partial charge < -0.3 is 14.8 Å². The van der Waals surface area contributed by atoms with Crippen LogP contribution in [0.3, 0.4) is 0 Å². The van der Waals surface area contributed by atoms with E-state index in [9.17, 15) is 9.59 Å². The van der Waals surface area contributed by atoms with Crippen LogP contribution in [0.1, 0.15) is 29.5 Å². The van der Waals surface area contributed by atoms with Crippen LogP contribution >= 0.6 is 15.9 Å². The summed E-state index contributed by atoms with van der Waals surface area (Å²) in [6, 6.07) is 5.54. The van der Waals surface area contributed by atoms with Gasteiger partial charge in [0.15, 0.2) is 5.76 Å². The highest BCUT2D eigenvalue weighted by Gasteiger charge is 2.15. The zero-order valence-corrected chi connectivity index (χ0v) is 13.4. The van der Waals surface area contributed by atoms with Crippen LogP contribution in [0.25, 0.3) is 11.0 Å². The number of furan rings is 1. The number of nitrogens with one attached hydrogen (secondary N) is 1. The number of carboxylic acids is 1. The van der Waals surface area contributed by atoms with Crippen LogP contribution in [0.15, 0.2) is 27.1 Å². The van der Waals surface area contributed by atoms with Gasteiger partial charge in [0.05, 0.1) is 4.47 Å². The Bertz CT molecular complexity index is 692. The molecule has 0 aliphatic rings. The molecule has 0 saturated carbocycles. The minimum absolute atomic E-state index is 0.0190. The first kappa shape index (κ1) is 15.6. The summed E-state index contributed by atoms with van der Waals surface area (Å²) in [4.78, 5) is 22.6. The Balaban J connectivity index is 2.09. The zero-order chi connectivity index (χ0) is 15.6. The van der Waals surface area contributed by atoms with Gasteiger partial charge in [-0.05, 0) is 52.5 Å². The monoisotopic (exact) mass is 353 g/mol. The molecule has 0 fully saturated rings. The number of aliphatic carboxylic acids is 1. The van der Waals surface area contributed by atoms with Gasteiger partial charge >= 0.3 is 5.97 Å². The highest BCUT2D eigenvalue weighted by molar-refractivity contribution is 9.10. The largest absolute Gasteiger partial charge is 0.481 e. The number of carbonyl (C=O) groups is 2. The normalized spacial score (nSPS) is 12.3. The van der Waals surface area contributed by atoms with E-state index < -0.39 is 5.97 Å². The molecule has 1 heterocycles. The van der Waals surface area contributed by atoms with Crippen molar-refractivity contribution in [3.8, 4) is 0 Å². The lowest BCUT2D eigenvalue weighted by atomic mass is 10.1. The van der Waals surface area contributed by atoms with E-state index in [2.05, 4.69) is 21.2 Å². The van der Waals surface area contributed by atoms with Gasteiger partial charge in [0.2, 0.25) is 0 Å². The summed E-state index contributed by atoms with van der Waals surface area (Å²) in [5.74, 6) is -1.13. The molecule has 0 bridgehead atoms. The van der Waals surface area contributed by atoms with E-state index in [4.69, 9.17) is 9.52 Å². The van der Waals surface area contributed by atoms with Gasteiger partial charge in [-0.3, -0.25) is 9.59 Å². The molecule has 1 atom stereocenters. The van der Waals surface area contributed by atoms with Crippen molar-refractivity contribution in [2.45, 2.75) is 20.3 Å². The summed E-state index contributed by atoms with van der Waals surface area (Å²) < 4.78 is 6.36. The maximum atomic E-state index is 12.0. The van der Waals surface area contributed by atoms with Gasteiger partial charge in [0.25, 0.3) is 5.91 Å². The zero-order valence-electron chi connectivity index (χ0n) is 11.8. The second-order valence-electron chi connectivity index (χ2n) is 5.19. The number of fused-ring (bicyclic) bond motifs is 1. The topological polar surface area (TPSA) is 79.5 Å². The van der Waals surface area contributed by atoms with Crippen molar-refractivity contribution < 1.29 is 19.1 Å². The Kier molecular flexibility index (Phi) is 4.67. The first-order valence-corrected chi connectivity index (χ1v) is 7.36. The molecule has 2 N–H and O–H groups in total. The summed E-state index contributed by atoms with van der Waals surface area (Å²) in [7, 11) is 0. The predicted octanol–water partition coefficient (Wildman–Crippen LogP) is 3.34. The summed E-state index contributed by atoms with van der Waals surface area (Å²) >= 11 is 3.41. The van der Waals surface area contributed by atoms with Crippen LogP contribution < -0.4 is 5.32 Å². The third-order valence-corrected chi connectivity index (χ3v) is 3.66. The molecule has 0 aliphatic carbocycles. The molecular formula is C15H16BrNO4. The van der Waals surface area contributed by atoms with Crippen LogP contribution in [0.5, 0.6) is 0 Å². The molecule has 1 aromatic heterocycles. The number of amides is 1. The first-order valence-electron chi connectivity index (χ1n) is 6.56. The lowest BCUT2D eigenvalue weighted by molar-refractivity contribution is -0.137. The molecule has 2 rings (SSSR count). The number of carbonyl (C=O) groups excluding carboxylic acids is 1. The van der Waals surface area contributed by atoms with Gasteiger partial charge in [0, 0.05) is 18.4 Å². The first-order chi connectivity index (χ1) is 9.86. The van der Waals surface area contributed by atoms with Crippen LogP contribution in [0.2, 0.25) is 0 Å². The van der Waals surface area contributed by atoms with Crippen molar-refractivity contribution in [2.24, 2.45) is 5.92 Å². The van der Waals surface area contributed by atoms with Crippen LogP contribution in [-0.4, -0.2) is 23.5 Å². The smallest absolute Gasteiger partial charge is 0.303 e. The van der Waals surface area contributed by atoms with Crippen molar-refractivity contribution in [3.05, 3.63) is 34.0 Å². The Labute approximate surface area is 130 Å². The number of rotatable bonds is 5. The van der Waals surface area contributed by atoms with Crippen LogP contribution in [0, 0.1) is 12.8 Å². The molecular weight excluding hydrogens is 338 g/mol. The molecule has 112 valence electrons. The molecule has 6 heteroatoms. The summed E-state index contributed by atoms with van der Waals surface area (Å²) in [5.41, 5.74) is 1.70. The van der Waals surface area contributed by atoms with Crippen LogP contribution in [0.4, 0.5) is 0 Å². The quantitative estimate of drug-likeness (QED) is 0.863. The van der Waals surface area contributed by atoms with E-state index in [-0.39, 0.29) is 24.0 Å². The molecule has 1 aromatic carbocycles. The molecule has 1 amide bonds. The molecule has 21 heavy (non-hydrogen) atoms. The number of aryl methyl sites for hydroxylation is 1. The number of hydrogen-bond donors (Lipinski definition) is 2. The van der Waals surface area contributed by atoms with Crippen molar-refractivity contribution in [3.63, 3.8) is 0 Å². The minimum Gasteiger partial charge on any atom is -0.481 e. The summed E-state index contributed by atoms with van der Waals surface area (Å²) in [6.07, 6.45) is 0.0190. The fraction of sp³-hybridized carbons (Fsp3) is 0.333. The van der Waals surface area contributed by atoms with E-state index in [1.807, 2.05) is 19.1 Å². The van der Waals surface area contributed by atoms with Gasteiger partial charge in [-0.2, -0.15) is 0 Å². The Morgan fingerprint density at radius 3 is 2.76 bits per heavy atom. The number of hydrogen-bond acceptors (Lipinski definition) is 3. The molecule has 0 aliphatic heterocycles. The fourth-order valence-electron chi connectivity index (χ4n) is 2.09. The standard InChI is InChI=1S/C15H16BrNO4/c1-8-3-10-6-12(21-14(10)11(16)4-8)15(20)17-7-9(2)5-13(18)19/h3-4,6,9H,5,7H2,1-2H3,(H,17,20)(H,18,19). The molecule has 5 nitrogen and oxygen atoms in total. The molecule has 0 saturated heterocycles. The lowest BCUT2D eigenvalue weighted by Crippen LogP contribution is -2.28. The van der Waals surface area contributed by atoms with Gasteiger partial charge in [-0.1, -0.05) is 6.92 Å². The van der Waals surface area contributed by atoms with Crippen molar-refractivity contribution in [2.75, 3.05) is 6.54 Å². The van der Waals surface area contributed by atoms with E-state index in [1.54, 1.807) is 13.0 Å². The summed E-state index contributed by atoms with van der Waals surface area (Å²) in [6.45, 7) is 4.03. The maximum absolute atomic E-state index is 12.0. The maximum Gasteiger partial charge on any atom is 0.303 e. The number of carboxylic acid groups (broad SMARTS) is 1. The van der Waals surface area contributed by atoms with Gasteiger partial charge in [-0.15, -0.1) is 0 Å². The van der Waals surface area contributed by atoms with E-state index in [0.717, 1.165) is 15.4 Å². The summed E-state index contributed by atoms with van der Waals surface area (Å²) in [5, 5.41) is 12.2. The van der Waals surface area contributed by atoms with Gasteiger partial charge in [0.1, 0.15) is 5.58 Å². The Morgan fingerprint density at radius 1 is 1.38 bits per heavy atom. The van der Waals surface area contributed by atoms with Crippen molar-refractivity contribution in [1.82, 2.24) is 5.32 Å². The fourth-order valence-corrected chi connectivity index (χ4v) is 2.76. The van der Waals surface area contributed by atoms with E-state index in [1.165, 1.54) is 0 Å². The average Bonchev–Trinajstić information content (AvgIpc) is 2.79. The van der Waals surface area contributed by atoms with Gasteiger partial charge in [-0.25, -0.2) is 0 Å². The molecule has 0 radical (unpaired) electrons. The van der Waals surface area contributed by atoms with E-state index >= 15 is 0 Å². The number of halogens is 1. The third-order valence-electron chi connectivity index (χ3n) is 3.07. The Morgan fingerprint density at radius 2 is 2.10 bits per heavy atom. The second-order valence-corrected chi connectivity index (χ2v) is 6.04. The van der Waals surface area contributed by atoms with Crippen molar-refractivity contribution >= 4 is 38.8 Å². The predicted molar refractivity (Wildman–Crippen MR) is 82.4 cm³/mol. The Hall–Kier alpha value is -1.82. The highest BCUT2D eigenvalue weighted by atomic mass is 79.9. The molecule has 2 aromatic rings. The second kappa shape index (κ2) is 6.30. The minimum atomic E-state index is -0.875.